The second-order valence-corrected chi connectivity index (χ2v) is 6.36. The van der Waals surface area contributed by atoms with Gasteiger partial charge in [-0.3, -0.25) is 0 Å². The Kier molecular flexibility index (Phi) is 6.95. The first kappa shape index (κ1) is 15.7. The van der Waals surface area contributed by atoms with Crippen LogP contribution in [0.25, 0.3) is 0 Å². The molecule has 0 radical (unpaired) electrons. The summed E-state index contributed by atoms with van der Waals surface area (Å²) in [6.07, 6.45) is 3.66. The Morgan fingerprint density at radius 3 is 2.50 bits per heavy atom. The molecule has 2 heteroatoms. The molecule has 1 atom stereocenters. The molecule has 1 N–H and O–H groups in total. The number of nitrogens with one attached hydrogen (secondary N) is 1. The summed E-state index contributed by atoms with van der Waals surface area (Å²) < 4.78 is 1.24. The molecule has 0 aromatic heterocycles. The van der Waals surface area contributed by atoms with Gasteiger partial charge < -0.3 is 5.32 Å². The van der Waals surface area contributed by atoms with Crippen LogP contribution in [0.2, 0.25) is 0 Å². The summed E-state index contributed by atoms with van der Waals surface area (Å²) in [4.78, 5) is 0. The average molecular weight is 312 g/mol. The zero-order valence-corrected chi connectivity index (χ0v) is 13.7. The van der Waals surface area contributed by atoms with Crippen LogP contribution < -0.4 is 5.32 Å². The number of halogens is 1. The molecule has 1 nitrogen and oxygen atoms in total. The Bertz CT molecular complexity index is 360. The van der Waals surface area contributed by atoms with E-state index >= 15 is 0 Å². The van der Waals surface area contributed by atoms with Crippen molar-refractivity contribution in [3.05, 3.63) is 33.8 Å². The topological polar surface area (TPSA) is 12.0 Å². The van der Waals surface area contributed by atoms with Crippen LogP contribution in [0.5, 0.6) is 0 Å². The van der Waals surface area contributed by atoms with Gasteiger partial charge in [-0.2, -0.15) is 0 Å². The van der Waals surface area contributed by atoms with Gasteiger partial charge in [0.15, 0.2) is 0 Å². The minimum atomic E-state index is 0.474. The standard InChI is InChI=1S/C16H26BrN/c1-5-10-18-16(9-6-12(2)3)14-8-7-13(4)11-15(14)17/h7-8,11-12,16,18H,5-6,9-10H2,1-4H3. The highest BCUT2D eigenvalue weighted by atomic mass is 79.9. The fourth-order valence-corrected chi connectivity index (χ4v) is 2.87. The Morgan fingerprint density at radius 2 is 1.94 bits per heavy atom. The molecule has 1 aromatic carbocycles. The molecule has 0 fully saturated rings. The summed E-state index contributed by atoms with van der Waals surface area (Å²) in [5.41, 5.74) is 2.71. The maximum atomic E-state index is 3.71. The van der Waals surface area contributed by atoms with Gasteiger partial charge in [0.1, 0.15) is 0 Å². The van der Waals surface area contributed by atoms with E-state index in [-0.39, 0.29) is 0 Å². The molecule has 0 aliphatic heterocycles. The van der Waals surface area contributed by atoms with E-state index in [0.717, 1.165) is 12.5 Å². The molecule has 0 heterocycles. The maximum absolute atomic E-state index is 3.71. The largest absolute Gasteiger partial charge is 0.310 e. The van der Waals surface area contributed by atoms with Gasteiger partial charge in [-0.1, -0.05) is 48.8 Å². The molecule has 0 saturated carbocycles. The molecule has 0 spiro atoms. The Hall–Kier alpha value is -0.340. The highest BCUT2D eigenvalue weighted by Gasteiger charge is 2.14. The van der Waals surface area contributed by atoms with E-state index in [1.807, 2.05) is 0 Å². The van der Waals surface area contributed by atoms with Crippen molar-refractivity contribution in [2.24, 2.45) is 5.92 Å². The van der Waals surface area contributed by atoms with Gasteiger partial charge in [0.05, 0.1) is 0 Å². The first-order valence-electron chi connectivity index (χ1n) is 7.04. The quantitative estimate of drug-likeness (QED) is 0.726. The number of rotatable bonds is 7. The lowest BCUT2D eigenvalue weighted by Crippen LogP contribution is -2.23. The van der Waals surface area contributed by atoms with Gasteiger partial charge in [-0.05, 0) is 55.8 Å². The smallest absolute Gasteiger partial charge is 0.0331 e. The zero-order valence-electron chi connectivity index (χ0n) is 12.1. The van der Waals surface area contributed by atoms with Crippen LogP contribution in [-0.4, -0.2) is 6.54 Å². The Labute approximate surface area is 120 Å². The lowest BCUT2D eigenvalue weighted by atomic mass is 9.97. The molecule has 1 aromatic rings. The molecule has 1 rings (SSSR count). The van der Waals surface area contributed by atoms with Gasteiger partial charge >= 0.3 is 0 Å². The number of benzene rings is 1. The van der Waals surface area contributed by atoms with E-state index in [2.05, 4.69) is 67.1 Å². The van der Waals surface area contributed by atoms with E-state index in [9.17, 15) is 0 Å². The fourth-order valence-electron chi connectivity index (χ4n) is 2.10. The van der Waals surface area contributed by atoms with Crippen LogP contribution in [0, 0.1) is 12.8 Å². The van der Waals surface area contributed by atoms with Gasteiger partial charge in [-0.25, -0.2) is 0 Å². The fraction of sp³-hybridized carbons (Fsp3) is 0.625. The van der Waals surface area contributed by atoms with Gasteiger partial charge in [0.2, 0.25) is 0 Å². The van der Waals surface area contributed by atoms with Gasteiger partial charge in [0, 0.05) is 10.5 Å². The lowest BCUT2D eigenvalue weighted by molar-refractivity contribution is 0.439. The molecule has 18 heavy (non-hydrogen) atoms. The summed E-state index contributed by atoms with van der Waals surface area (Å²) in [5.74, 6) is 0.764. The van der Waals surface area contributed by atoms with Crippen molar-refractivity contribution in [1.29, 1.82) is 0 Å². The van der Waals surface area contributed by atoms with Crippen LogP contribution >= 0.6 is 15.9 Å². The van der Waals surface area contributed by atoms with Crippen molar-refractivity contribution < 1.29 is 0 Å². The molecule has 0 aliphatic rings. The molecule has 0 aliphatic carbocycles. The van der Waals surface area contributed by atoms with E-state index in [0.29, 0.717) is 6.04 Å². The molecule has 0 bridgehead atoms. The average Bonchev–Trinajstić information content (AvgIpc) is 2.30. The minimum Gasteiger partial charge on any atom is -0.310 e. The predicted molar refractivity (Wildman–Crippen MR) is 84.0 cm³/mol. The van der Waals surface area contributed by atoms with E-state index in [1.165, 1.54) is 34.9 Å². The number of hydrogen-bond donors (Lipinski definition) is 1. The first-order valence-corrected chi connectivity index (χ1v) is 7.83. The summed E-state index contributed by atoms with van der Waals surface area (Å²) >= 11 is 3.71. The van der Waals surface area contributed by atoms with E-state index in [1.54, 1.807) is 0 Å². The van der Waals surface area contributed by atoms with Gasteiger partial charge in [-0.15, -0.1) is 0 Å². The monoisotopic (exact) mass is 311 g/mol. The second kappa shape index (κ2) is 7.96. The van der Waals surface area contributed by atoms with Crippen LogP contribution in [0.1, 0.15) is 57.2 Å². The SMILES string of the molecule is CCCNC(CCC(C)C)c1ccc(C)cc1Br. The third-order valence-corrected chi connectivity index (χ3v) is 3.89. The van der Waals surface area contributed by atoms with E-state index < -0.39 is 0 Å². The van der Waals surface area contributed by atoms with E-state index in [4.69, 9.17) is 0 Å². The minimum absolute atomic E-state index is 0.474. The molecule has 102 valence electrons. The van der Waals surface area contributed by atoms with Crippen LogP contribution in [0.3, 0.4) is 0 Å². The van der Waals surface area contributed by atoms with Crippen molar-refractivity contribution in [3.63, 3.8) is 0 Å². The van der Waals surface area contributed by atoms with Crippen LogP contribution in [0.4, 0.5) is 0 Å². The summed E-state index contributed by atoms with van der Waals surface area (Å²) in [6.45, 7) is 10.0. The second-order valence-electron chi connectivity index (χ2n) is 5.50. The lowest BCUT2D eigenvalue weighted by Gasteiger charge is -2.21. The van der Waals surface area contributed by atoms with Crippen LogP contribution in [-0.2, 0) is 0 Å². The maximum Gasteiger partial charge on any atom is 0.0331 e. The molecule has 0 saturated heterocycles. The van der Waals surface area contributed by atoms with Crippen molar-refractivity contribution in [1.82, 2.24) is 5.32 Å². The van der Waals surface area contributed by atoms with Crippen molar-refractivity contribution in [3.8, 4) is 0 Å². The van der Waals surface area contributed by atoms with Crippen molar-refractivity contribution in [2.75, 3.05) is 6.54 Å². The Balaban J connectivity index is 2.79. The zero-order chi connectivity index (χ0) is 13.5. The van der Waals surface area contributed by atoms with Crippen LogP contribution in [0.15, 0.2) is 22.7 Å². The van der Waals surface area contributed by atoms with Crippen molar-refractivity contribution in [2.45, 2.75) is 53.0 Å². The normalized spacial score (nSPS) is 13.0. The highest BCUT2D eigenvalue weighted by Crippen LogP contribution is 2.28. The number of aryl methyl sites for hydroxylation is 1. The molecule has 0 amide bonds. The summed E-state index contributed by atoms with van der Waals surface area (Å²) in [7, 11) is 0. The third-order valence-electron chi connectivity index (χ3n) is 3.20. The number of hydrogen-bond acceptors (Lipinski definition) is 1. The summed E-state index contributed by atoms with van der Waals surface area (Å²) in [6, 6.07) is 7.15. The summed E-state index contributed by atoms with van der Waals surface area (Å²) in [5, 5.41) is 3.67. The Morgan fingerprint density at radius 1 is 1.22 bits per heavy atom. The van der Waals surface area contributed by atoms with Gasteiger partial charge in [0.25, 0.3) is 0 Å². The third kappa shape index (κ3) is 5.11. The molecule has 1 unspecified atom stereocenters. The van der Waals surface area contributed by atoms with Crippen molar-refractivity contribution >= 4 is 15.9 Å². The highest BCUT2D eigenvalue weighted by molar-refractivity contribution is 9.10. The predicted octanol–water partition coefficient (Wildman–Crippen LogP) is 5.23. The first-order chi connectivity index (χ1) is 8.54. The molecular weight excluding hydrogens is 286 g/mol. The molecular formula is C16H26BrN.